The van der Waals surface area contributed by atoms with Crippen molar-refractivity contribution < 1.29 is 19.2 Å². The van der Waals surface area contributed by atoms with Crippen molar-refractivity contribution in [2.45, 2.75) is 44.2 Å². The van der Waals surface area contributed by atoms with E-state index in [1.54, 1.807) is 0 Å². The summed E-state index contributed by atoms with van der Waals surface area (Å²) < 4.78 is 0. The van der Waals surface area contributed by atoms with E-state index in [-0.39, 0.29) is 17.9 Å². The van der Waals surface area contributed by atoms with Crippen LogP contribution in [0.15, 0.2) is 24.3 Å². The standard InChI is InChI=1S/C15H16N2O4/c1-10-9-13(20)17(14(10)21)15(7-3-2-4-8-15)16-11(18)5-6-12(16)19/h5-6H,1-4,7-9H2. The van der Waals surface area contributed by atoms with Crippen molar-refractivity contribution in [1.82, 2.24) is 9.80 Å². The minimum absolute atomic E-state index is 0.0375. The summed E-state index contributed by atoms with van der Waals surface area (Å²) in [5.74, 6) is -1.76. The van der Waals surface area contributed by atoms with E-state index in [1.165, 1.54) is 12.2 Å². The van der Waals surface area contributed by atoms with Crippen molar-refractivity contribution in [2.24, 2.45) is 0 Å². The predicted octanol–water partition coefficient (Wildman–Crippen LogP) is 0.887. The van der Waals surface area contributed by atoms with Gasteiger partial charge in [0.15, 0.2) is 0 Å². The zero-order valence-electron chi connectivity index (χ0n) is 11.6. The second-order valence-electron chi connectivity index (χ2n) is 5.70. The molecule has 110 valence electrons. The lowest BCUT2D eigenvalue weighted by molar-refractivity contribution is -0.168. The Morgan fingerprint density at radius 2 is 1.48 bits per heavy atom. The number of imide groups is 2. The monoisotopic (exact) mass is 288 g/mol. The molecule has 0 spiro atoms. The second-order valence-corrected chi connectivity index (χ2v) is 5.70. The maximum absolute atomic E-state index is 12.3. The van der Waals surface area contributed by atoms with Crippen LogP contribution in [0.25, 0.3) is 0 Å². The first-order valence-corrected chi connectivity index (χ1v) is 7.09. The van der Waals surface area contributed by atoms with Crippen molar-refractivity contribution in [1.29, 1.82) is 0 Å². The number of hydrogen-bond donors (Lipinski definition) is 0. The largest absolute Gasteiger partial charge is 0.274 e. The number of nitrogens with zero attached hydrogens (tertiary/aromatic N) is 2. The lowest BCUT2D eigenvalue weighted by Gasteiger charge is -2.47. The zero-order chi connectivity index (χ0) is 15.2. The highest BCUT2D eigenvalue weighted by Crippen LogP contribution is 2.41. The number of amides is 4. The molecule has 1 saturated carbocycles. The van der Waals surface area contributed by atoms with Crippen LogP contribution in [0.5, 0.6) is 0 Å². The molecule has 0 bridgehead atoms. The minimum atomic E-state index is -1.15. The van der Waals surface area contributed by atoms with Crippen molar-refractivity contribution in [2.75, 3.05) is 0 Å². The molecule has 2 fully saturated rings. The minimum Gasteiger partial charge on any atom is -0.274 e. The van der Waals surface area contributed by atoms with Crippen LogP contribution in [-0.4, -0.2) is 39.1 Å². The Balaban J connectivity index is 2.08. The average Bonchev–Trinajstić information content (AvgIpc) is 2.91. The van der Waals surface area contributed by atoms with E-state index >= 15 is 0 Å². The van der Waals surface area contributed by atoms with Gasteiger partial charge in [-0.15, -0.1) is 0 Å². The normalized spacial score (nSPS) is 25.4. The number of likely N-dealkylation sites (tertiary alicyclic amines) is 1. The van der Waals surface area contributed by atoms with Crippen LogP contribution in [0, 0.1) is 0 Å². The van der Waals surface area contributed by atoms with Gasteiger partial charge in [-0.3, -0.25) is 29.0 Å². The molecule has 2 aliphatic heterocycles. The maximum Gasteiger partial charge on any atom is 0.258 e. The number of rotatable bonds is 2. The Kier molecular flexibility index (Phi) is 3.04. The first kappa shape index (κ1) is 13.7. The molecule has 3 aliphatic rings. The van der Waals surface area contributed by atoms with Crippen LogP contribution in [0.3, 0.4) is 0 Å². The van der Waals surface area contributed by atoms with Gasteiger partial charge in [-0.05, 0) is 25.7 Å². The summed E-state index contributed by atoms with van der Waals surface area (Å²) in [4.78, 5) is 50.9. The molecular weight excluding hydrogens is 272 g/mol. The van der Waals surface area contributed by atoms with Crippen LogP contribution in [0.2, 0.25) is 0 Å². The summed E-state index contributed by atoms with van der Waals surface area (Å²) in [5, 5.41) is 0. The van der Waals surface area contributed by atoms with Crippen molar-refractivity contribution in [3.63, 3.8) is 0 Å². The molecular formula is C15H16N2O4. The summed E-state index contributed by atoms with van der Waals surface area (Å²) in [6.45, 7) is 3.61. The molecule has 0 unspecified atom stereocenters. The van der Waals surface area contributed by atoms with Crippen molar-refractivity contribution in [3.8, 4) is 0 Å². The van der Waals surface area contributed by atoms with Gasteiger partial charge >= 0.3 is 0 Å². The van der Waals surface area contributed by atoms with E-state index in [2.05, 4.69) is 6.58 Å². The molecule has 0 atom stereocenters. The van der Waals surface area contributed by atoms with Gasteiger partial charge in [-0.2, -0.15) is 0 Å². The predicted molar refractivity (Wildman–Crippen MR) is 72.4 cm³/mol. The van der Waals surface area contributed by atoms with Crippen LogP contribution in [0.4, 0.5) is 0 Å². The highest BCUT2D eigenvalue weighted by atomic mass is 16.2. The topological polar surface area (TPSA) is 74.8 Å². The van der Waals surface area contributed by atoms with Crippen LogP contribution in [-0.2, 0) is 19.2 Å². The van der Waals surface area contributed by atoms with E-state index in [9.17, 15) is 19.2 Å². The lowest BCUT2D eigenvalue weighted by Crippen LogP contribution is -2.65. The van der Waals surface area contributed by atoms with Gasteiger partial charge < -0.3 is 0 Å². The molecule has 0 aromatic heterocycles. The molecule has 2 heterocycles. The van der Waals surface area contributed by atoms with E-state index in [4.69, 9.17) is 0 Å². The van der Waals surface area contributed by atoms with E-state index in [1.807, 2.05) is 0 Å². The fourth-order valence-corrected chi connectivity index (χ4v) is 3.51. The van der Waals surface area contributed by atoms with E-state index in [0.717, 1.165) is 29.1 Å². The molecule has 1 aliphatic carbocycles. The highest BCUT2D eigenvalue weighted by Gasteiger charge is 2.55. The quantitative estimate of drug-likeness (QED) is 0.558. The third-order valence-corrected chi connectivity index (χ3v) is 4.42. The molecule has 1 saturated heterocycles. The number of hydrogen-bond acceptors (Lipinski definition) is 4. The molecule has 0 N–H and O–H groups in total. The summed E-state index contributed by atoms with van der Waals surface area (Å²) in [6.07, 6.45) is 5.72. The van der Waals surface area contributed by atoms with Gasteiger partial charge in [0, 0.05) is 17.7 Å². The maximum atomic E-state index is 12.3. The molecule has 0 aromatic rings. The first-order chi connectivity index (χ1) is 9.97. The van der Waals surface area contributed by atoms with Gasteiger partial charge in [-0.25, -0.2) is 0 Å². The Bertz CT molecular complexity index is 581. The van der Waals surface area contributed by atoms with E-state index < -0.39 is 23.4 Å². The van der Waals surface area contributed by atoms with Crippen LogP contribution in [0.1, 0.15) is 38.5 Å². The van der Waals surface area contributed by atoms with Crippen molar-refractivity contribution in [3.05, 3.63) is 24.3 Å². The van der Waals surface area contributed by atoms with Crippen molar-refractivity contribution >= 4 is 23.6 Å². The fraction of sp³-hybridized carbons (Fsp3) is 0.467. The Labute approximate surface area is 122 Å². The Morgan fingerprint density at radius 1 is 0.905 bits per heavy atom. The Morgan fingerprint density at radius 3 is 1.95 bits per heavy atom. The second kappa shape index (κ2) is 4.65. The van der Waals surface area contributed by atoms with Gasteiger partial charge in [0.1, 0.15) is 5.66 Å². The SMILES string of the molecule is C=C1CC(=O)N(C2(N3C(=O)C=CC3=O)CCCCC2)C1=O. The smallest absolute Gasteiger partial charge is 0.258 e. The molecule has 3 rings (SSSR count). The Hall–Kier alpha value is -2.24. The molecule has 0 aromatic carbocycles. The van der Waals surface area contributed by atoms with Crippen LogP contribution >= 0.6 is 0 Å². The molecule has 6 heteroatoms. The highest BCUT2D eigenvalue weighted by molar-refractivity contribution is 6.17. The summed E-state index contributed by atoms with van der Waals surface area (Å²) in [6, 6.07) is 0. The third-order valence-electron chi connectivity index (χ3n) is 4.42. The average molecular weight is 288 g/mol. The number of carbonyl (C=O) groups is 4. The summed E-state index contributed by atoms with van der Waals surface area (Å²) in [7, 11) is 0. The number of carbonyl (C=O) groups excluding carboxylic acids is 4. The summed E-state index contributed by atoms with van der Waals surface area (Å²) in [5.41, 5.74) is -0.930. The van der Waals surface area contributed by atoms with Gasteiger partial charge in [0.25, 0.3) is 17.7 Å². The third kappa shape index (κ3) is 1.86. The fourth-order valence-electron chi connectivity index (χ4n) is 3.51. The van der Waals surface area contributed by atoms with Crippen LogP contribution < -0.4 is 0 Å². The van der Waals surface area contributed by atoms with Gasteiger partial charge in [0.05, 0.1) is 6.42 Å². The molecule has 6 nitrogen and oxygen atoms in total. The summed E-state index contributed by atoms with van der Waals surface area (Å²) >= 11 is 0. The first-order valence-electron chi connectivity index (χ1n) is 7.09. The van der Waals surface area contributed by atoms with Gasteiger partial charge in [-0.1, -0.05) is 13.0 Å². The molecule has 21 heavy (non-hydrogen) atoms. The molecule has 0 radical (unpaired) electrons. The molecule has 4 amide bonds. The van der Waals surface area contributed by atoms with Gasteiger partial charge in [0.2, 0.25) is 5.91 Å². The zero-order valence-corrected chi connectivity index (χ0v) is 11.6. The van der Waals surface area contributed by atoms with E-state index in [0.29, 0.717) is 12.8 Å². The lowest BCUT2D eigenvalue weighted by atomic mass is 9.86.